The molecule has 0 bridgehead atoms. The number of benzene rings is 1. The Morgan fingerprint density at radius 1 is 1.27 bits per heavy atom. The van der Waals surface area contributed by atoms with Crippen LogP contribution in [0.4, 0.5) is 0 Å². The predicted molar refractivity (Wildman–Crippen MR) is 122 cm³/mol. The average molecular weight is 413 g/mol. The molecule has 164 valence electrons. The van der Waals surface area contributed by atoms with Crippen LogP contribution in [-0.2, 0) is 11.3 Å². The van der Waals surface area contributed by atoms with E-state index in [9.17, 15) is 4.79 Å². The highest BCUT2D eigenvalue weighted by molar-refractivity contribution is 5.81. The Hall–Kier alpha value is -2.50. The number of amides is 1. The van der Waals surface area contributed by atoms with Crippen LogP contribution in [0.2, 0.25) is 0 Å². The molecule has 0 radical (unpaired) electrons. The minimum absolute atomic E-state index is 0.239. The highest BCUT2D eigenvalue weighted by Gasteiger charge is 2.31. The molecule has 0 aromatic heterocycles. The van der Waals surface area contributed by atoms with E-state index in [-0.39, 0.29) is 12.0 Å². The van der Waals surface area contributed by atoms with Crippen LogP contribution in [0.1, 0.15) is 51.0 Å². The predicted octanol–water partition coefficient (Wildman–Crippen LogP) is 3.49. The molecule has 0 spiro atoms. The molecule has 1 aliphatic heterocycles. The first-order valence-corrected chi connectivity index (χ1v) is 11.4. The van der Waals surface area contributed by atoms with E-state index >= 15 is 0 Å². The Bertz CT molecular complexity index is 728. The van der Waals surface area contributed by atoms with Gasteiger partial charge in [-0.3, -0.25) is 4.79 Å². The summed E-state index contributed by atoms with van der Waals surface area (Å²) in [5.74, 6) is 2.22. The summed E-state index contributed by atoms with van der Waals surface area (Å²) in [4.78, 5) is 19.6. The molecule has 1 aliphatic carbocycles. The highest BCUT2D eigenvalue weighted by atomic mass is 16.5. The lowest BCUT2D eigenvalue weighted by Crippen LogP contribution is -2.45. The van der Waals surface area contributed by atoms with Gasteiger partial charge in [-0.15, -0.1) is 0 Å². The van der Waals surface area contributed by atoms with E-state index in [1.54, 1.807) is 6.08 Å². The Kier molecular flexibility index (Phi) is 8.60. The van der Waals surface area contributed by atoms with Crippen LogP contribution in [0.5, 0.6) is 5.75 Å². The summed E-state index contributed by atoms with van der Waals surface area (Å²) in [6, 6.07) is 8.19. The molecule has 2 fully saturated rings. The van der Waals surface area contributed by atoms with Crippen LogP contribution in [0.25, 0.3) is 0 Å². The molecule has 1 saturated heterocycles. The number of hydrogen-bond acceptors (Lipinski definition) is 3. The second kappa shape index (κ2) is 11.6. The Balaban J connectivity index is 1.56. The first-order chi connectivity index (χ1) is 14.7. The first-order valence-electron chi connectivity index (χ1n) is 11.4. The fraction of sp³-hybridized carbons (Fsp3) is 0.583. The number of aliphatic imine (C=N–C) groups is 1. The summed E-state index contributed by atoms with van der Waals surface area (Å²) in [6.45, 7) is 9.17. The van der Waals surface area contributed by atoms with Crippen LogP contribution in [0.15, 0.2) is 41.9 Å². The molecule has 1 atom stereocenters. The van der Waals surface area contributed by atoms with E-state index < -0.39 is 0 Å². The maximum atomic E-state index is 12.8. The lowest BCUT2D eigenvalue weighted by molar-refractivity contribution is -0.135. The molecule has 1 saturated carbocycles. The van der Waals surface area contributed by atoms with Gasteiger partial charge in [-0.2, -0.15) is 0 Å². The zero-order valence-electron chi connectivity index (χ0n) is 18.2. The maximum Gasteiger partial charge on any atom is 0.225 e. The topological polar surface area (TPSA) is 66.0 Å². The van der Waals surface area contributed by atoms with E-state index in [0.717, 1.165) is 56.2 Å². The van der Waals surface area contributed by atoms with Crippen molar-refractivity contribution in [3.8, 4) is 5.75 Å². The van der Waals surface area contributed by atoms with Gasteiger partial charge in [-0.1, -0.05) is 50.1 Å². The van der Waals surface area contributed by atoms with Gasteiger partial charge in [0.25, 0.3) is 0 Å². The summed E-state index contributed by atoms with van der Waals surface area (Å²) in [6.07, 6.45) is 8.49. The quantitative estimate of drug-likeness (QED) is 0.390. The van der Waals surface area contributed by atoms with Crippen molar-refractivity contribution >= 4 is 11.9 Å². The minimum atomic E-state index is 0.239. The van der Waals surface area contributed by atoms with Gasteiger partial charge in [0.1, 0.15) is 12.4 Å². The van der Waals surface area contributed by atoms with Gasteiger partial charge in [0.15, 0.2) is 5.96 Å². The second-order valence-electron chi connectivity index (χ2n) is 8.15. The lowest BCUT2D eigenvalue weighted by atomic mass is 9.88. The zero-order chi connectivity index (χ0) is 21.2. The van der Waals surface area contributed by atoms with Gasteiger partial charge >= 0.3 is 0 Å². The number of guanidine groups is 1. The second-order valence-corrected chi connectivity index (χ2v) is 8.15. The Labute approximate surface area is 180 Å². The number of carbonyl (C=O) groups excluding carboxylic acids is 1. The molecule has 2 N–H and O–H groups in total. The van der Waals surface area contributed by atoms with E-state index in [2.05, 4.69) is 29.0 Å². The van der Waals surface area contributed by atoms with Gasteiger partial charge in [0.05, 0.1) is 6.54 Å². The molecule has 1 aromatic rings. The fourth-order valence-corrected chi connectivity index (χ4v) is 4.29. The molecule has 1 aromatic carbocycles. The summed E-state index contributed by atoms with van der Waals surface area (Å²) in [5.41, 5.74) is 1.04. The summed E-state index contributed by atoms with van der Waals surface area (Å²) in [7, 11) is 0. The van der Waals surface area contributed by atoms with Gasteiger partial charge < -0.3 is 20.3 Å². The van der Waals surface area contributed by atoms with Crippen molar-refractivity contribution in [3.63, 3.8) is 0 Å². The molecular formula is C24H36N4O2. The summed E-state index contributed by atoms with van der Waals surface area (Å²) >= 11 is 0. The van der Waals surface area contributed by atoms with Gasteiger partial charge in [-0.05, 0) is 32.3 Å². The first kappa shape index (κ1) is 22.2. The number of nitrogens with zero attached hydrogens (tertiary/aromatic N) is 2. The largest absolute Gasteiger partial charge is 0.489 e. The van der Waals surface area contributed by atoms with Gasteiger partial charge in [-0.25, -0.2) is 4.99 Å². The fourth-order valence-electron chi connectivity index (χ4n) is 4.29. The van der Waals surface area contributed by atoms with Gasteiger partial charge in [0, 0.05) is 37.2 Å². The molecule has 1 amide bonds. The maximum absolute atomic E-state index is 12.8. The van der Waals surface area contributed by atoms with Crippen LogP contribution in [0.3, 0.4) is 0 Å². The number of para-hydroxylation sites is 1. The normalized spacial score (nSPS) is 20.1. The van der Waals surface area contributed by atoms with Crippen LogP contribution < -0.4 is 15.4 Å². The van der Waals surface area contributed by atoms with Crippen molar-refractivity contribution in [1.82, 2.24) is 15.5 Å². The number of carbonyl (C=O) groups is 1. The lowest BCUT2D eigenvalue weighted by Gasteiger charge is -2.26. The van der Waals surface area contributed by atoms with E-state index in [1.807, 2.05) is 24.3 Å². The van der Waals surface area contributed by atoms with E-state index in [4.69, 9.17) is 9.73 Å². The van der Waals surface area contributed by atoms with Gasteiger partial charge in [0.2, 0.25) is 5.91 Å². The van der Waals surface area contributed by atoms with Crippen molar-refractivity contribution in [3.05, 3.63) is 42.5 Å². The smallest absolute Gasteiger partial charge is 0.225 e. The van der Waals surface area contributed by atoms with Crippen molar-refractivity contribution in [1.29, 1.82) is 0 Å². The molecule has 3 rings (SSSR count). The van der Waals surface area contributed by atoms with Crippen molar-refractivity contribution in [2.45, 2.75) is 58.0 Å². The highest BCUT2D eigenvalue weighted by Crippen LogP contribution is 2.26. The summed E-state index contributed by atoms with van der Waals surface area (Å²) < 4.78 is 5.74. The number of nitrogens with one attached hydrogen (secondary N) is 2. The van der Waals surface area contributed by atoms with Crippen LogP contribution in [-0.4, -0.2) is 49.0 Å². The number of ether oxygens (including phenoxy) is 1. The molecule has 30 heavy (non-hydrogen) atoms. The van der Waals surface area contributed by atoms with Crippen LogP contribution >= 0.6 is 0 Å². The average Bonchev–Trinajstić information content (AvgIpc) is 3.25. The minimum Gasteiger partial charge on any atom is -0.489 e. The third kappa shape index (κ3) is 6.25. The molecule has 6 heteroatoms. The van der Waals surface area contributed by atoms with E-state index in [1.165, 1.54) is 19.3 Å². The molecule has 1 unspecified atom stereocenters. The van der Waals surface area contributed by atoms with E-state index in [0.29, 0.717) is 19.1 Å². The molecule has 2 aliphatic rings. The van der Waals surface area contributed by atoms with Crippen molar-refractivity contribution < 1.29 is 9.53 Å². The third-order valence-electron chi connectivity index (χ3n) is 5.88. The molecular weight excluding hydrogens is 376 g/mol. The Morgan fingerprint density at radius 3 is 2.83 bits per heavy atom. The number of hydrogen-bond donors (Lipinski definition) is 2. The van der Waals surface area contributed by atoms with Crippen LogP contribution in [0, 0.1) is 5.92 Å². The third-order valence-corrected chi connectivity index (χ3v) is 5.88. The molecule has 6 nitrogen and oxygen atoms in total. The van der Waals surface area contributed by atoms with Crippen molar-refractivity contribution in [2.24, 2.45) is 10.9 Å². The SMILES string of the molecule is C=CCOc1ccccc1CN=C(NCC)NC1CCN(C(=O)C2CCCCC2)C1. The number of rotatable bonds is 8. The van der Waals surface area contributed by atoms with Crippen molar-refractivity contribution in [2.75, 3.05) is 26.2 Å². The summed E-state index contributed by atoms with van der Waals surface area (Å²) in [5, 5.41) is 6.85. The Morgan fingerprint density at radius 2 is 2.07 bits per heavy atom. The number of likely N-dealkylation sites (tertiary alicyclic amines) is 1. The zero-order valence-corrected chi connectivity index (χ0v) is 18.2. The molecule has 1 heterocycles. The monoisotopic (exact) mass is 412 g/mol. The standard InChI is InChI=1S/C24H36N4O2/c1-3-16-30-22-13-9-8-12-20(22)17-26-24(25-4-2)27-21-14-15-28(18-21)23(29)19-10-6-5-7-11-19/h3,8-9,12-13,19,21H,1,4-7,10-11,14-18H2,2H3,(H2,25,26,27).